The first kappa shape index (κ1) is 14.7. The van der Waals surface area contributed by atoms with Crippen LogP contribution in [-0.2, 0) is 6.61 Å². The fourth-order valence-electron chi connectivity index (χ4n) is 2.06. The molecule has 3 rings (SSSR count). The molecule has 3 heterocycles. The molecule has 0 amide bonds. The van der Waals surface area contributed by atoms with Crippen molar-refractivity contribution in [1.29, 1.82) is 0 Å². The fraction of sp³-hybridized carbons (Fsp3) is 0.125. The Morgan fingerprint density at radius 1 is 1.17 bits per heavy atom. The first-order chi connectivity index (χ1) is 11.3. The zero-order chi connectivity index (χ0) is 16.1. The Balaban J connectivity index is 1.76. The van der Waals surface area contributed by atoms with Crippen LogP contribution in [0.15, 0.2) is 43.1 Å². The monoisotopic (exact) mass is 310 g/mol. The van der Waals surface area contributed by atoms with Crippen LogP contribution in [-0.4, -0.2) is 33.6 Å². The number of aromatic amines is 1. The van der Waals surface area contributed by atoms with E-state index >= 15 is 0 Å². The van der Waals surface area contributed by atoms with Crippen molar-refractivity contribution >= 4 is 6.29 Å². The van der Waals surface area contributed by atoms with Crippen molar-refractivity contribution in [1.82, 2.24) is 20.2 Å². The van der Waals surface area contributed by atoms with Crippen LogP contribution >= 0.6 is 0 Å². The van der Waals surface area contributed by atoms with Crippen LogP contribution in [0.25, 0.3) is 11.1 Å². The first-order valence-corrected chi connectivity index (χ1v) is 6.85. The summed E-state index contributed by atoms with van der Waals surface area (Å²) in [6.07, 6.45) is 9.15. The van der Waals surface area contributed by atoms with Gasteiger partial charge in [0, 0.05) is 41.3 Å². The maximum absolute atomic E-state index is 11.1. The molecule has 3 aromatic rings. The molecule has 0 saturated heterocycles. The second-order valence-corrected chi connectivity index (χ2v) is 4.74. The Hall–Kier alpha value is -3.22. The molecule has 0 fully saturated rings. The fourth-order valence-corrected chi connectivity index (χ4v) is 2.06. The van der Waals surface area contributed by atoms with E-state index in [9.17, 15) is 4.79 Å². The molecule has 7 heteroatoms. The van der Waals surface area contributed by atoms with Gasteiger partial charge in [-0.05, 0) is 6.07 Å². The summed E-state index contributed by atoms with van der Waals surface area (Å²) in [6.45, 7) is 0.271. The van der Waals surface area contributed by atoms with Gasteiger partial charge in [0.05, 0.1) is 25.1 Å². The molecule has 0 aromatic carbocycles. The number of nitrogens with one attached hydrogen (secondary N) is 1. The predicted octanol–water partition coefficient (Wildman–Crippen LogP) is 2.27. The Bertz CT molecular complexity index is 803. The molecule has 3 aromatic heterocycles. The third-order valence-electron chi connectivity index (χ3n) is 3.23. The van der Waals surface area contributed by atoms with E-state index in [-0.39, 0.29) is 6.61 Å². The number of hydrogen-bond donors (Lipinski definition) is 1. The van der Waals surface area contributed by atoms with Crippen LogP contribution in [0, 0.1) is 0 Å². The maximum Gasteiger partial charge on any atom is 0.213 e. The normalized spacial score (nSPS) is 10.3. The minimum absolute atomic E-state index is 0.271. The van der Waals surface area contributed by atoms with E-state index in [4.69, 9.17) is 9.47 Å². The number of carbonyl (C=O) groups excluding carboxylic acids is 1. The van der Waals surface area contributed by atoms with E-state index in [1.54, 1.807) is 24.8 Å². The van der Waals surface area contributed by atoms with Gasteiger partial charge in [0.15, 0.2) is 6.29 Å². The van der Waals surface area contributed by atoms with Crippen LogP contribution in [0.1, 0.15) is 15.9 Å². The van der Waals surface area contributed by atoms with Gasteiger partial charge in [0.2, 0.25) is 5.88 Å². The van der Waals surface area contributed by atoms with Crippen molar-refractivity contribution in [3.05, 3.63) is 54.2 Å². The highest BCUT2D eigenvalue weighted by molar-refractivity contribution is 5.79. The Morgan fingerprint density at radius 2 is 2.09 bits per heavy atom. The number of aromatic nitrogens is 4. The zero-order valence-electron chi connectivity index (χ0n) is 12.4. The molecule has 0 saturated carbocycles. The largest absolute Gasteiger partial charge is 0.486 e. The predicted molar refractivity (Wildman–Crippen MR) is 82.3 cm³/mol. The number of nitrogens with zero attached hydrogens (tertiary/aromatic N) is 3. The molecule has 1 N–H and O–H groups in total. The molecule has 0 radical (unpaired) electrons. The summed E-state index contributed by atoms with van der Waals surface area (Å²) in [6, 6.07) is 3.48. The Morgan fingerprint density at radius 3 is 2.83 bits per heavy atom. The van der Waals surface area contributed by atoms with Gasteiger partial charge in [-0.15, -0.1) is 0 Å². The van der Waals surface area contributed by atoms with E-state index in [1.165, 1.54) is 19.4 Å². The second kappa shape index (κ2) is 6.69. The van der Waals surface area contributed by atoms with Crippen LogP contribution in [0.2, 0.25) is 0 Å². The van der Waals surface area contributed by atoms with Gasteiger partial charge in [-0.3, -0.25) is 14.9 Å². The molecular formula is C16H14N4O3. The number of rotatable bonds is 6. The number of methoxy groups -OCH3 is 1. The maximum atomic E-state index is 11.1. The molecule has 0 aliphatic heterocycles. The second-order valence-electron chi connectivity index (χ2n) is 4.74. The SMILES string of the molecule is COc1cc(C=O)c(OCc2cncc(-c3cn[nH]c3)c2)cn1. The third kappa shape index (κ3) is 3.34. The van der Waals surface area contributed by atoms with Crippen LogP contribution in [0.4, 0.5) is 0 Å². The van der Waals surface area contributed by atoms with Crippen molar-refractivity contribution in [2.45, 2.75) is 6.61 Å². The average Bonchev–Trinajstić information content (AvgIpc) is 3.14. The summed E-state index contributed by atoms with van der Waals surface area (Å²) >= 11 is 0. The lowest BCUT2D eigenvalue weighted by Crippen LogP contribution is -2.00. The van der Waals surface area contributed by atoms with Gasteiger partial charge in [-0.25, -0.2) is 4.98 Å². The van der Waals surface area contributed by atoms with E-state index in [2.05, 4.69) is 20.2 Å². The van der Waals surface area contributed by atoms with Crippen LogP contribution < -0.4 is 9.47 Å². The molecule has 0 aliphatic carbocycles. The number of H-pyrrole nitrogens is 1. The van der Waals surface area contributed by atoms with Gasteiger partial charge >= 0.3 is 0 Å². The van der Waals surface area contributed by atoms with Gasteiger partial charge < -0.3 is 9.47 Å². The van der Waals surface area contributed by atoms with Crippen molar-refractivity contribution in [2.24, 2.45) is 0 Å². The van der Waals surface area contributed by atoms with Crippen molar-refractivity contribution in [3.63, 3.8) is 0 Å². The smallest absolute Gasteiger partial charge is 0.213 e. The topological polar surface area (TPSA) is 90.0 Å². The number of pyridine rings is 2. The molecule has 7 nitrogen and oxygen atoms in total. The Kier molecular flexibility index (Phi) is 4.28. The summed E-state index contributed by atoms with van der Waals surface area (Å²) in [5.74, 6) is 0.762. The molecule has 0 unspecified atom stereocenters. The van der Waals surface area contributed by atoms with Gasteiger partial charge in [-0.2, -0.15) is 5.10 Å². The van der Waals surface area contributed by atoms with Gasteiger partial charge in [-0.1, -0.05) is 0 Å². The Labute approximate surface area is 132 Å². The zero-order valence-corrected chi connectivity index (χ0v) is 12.4. The standard InChI is InChI=1S/C16H14N4O3/c1-22-16-3-13(9-21)15(8-18-16)23-10-11-2-12(5-17-4-11)14-6-19-20-7-14/h2-9H,10H2,1H3,(H,19,20). The molecule has 0 aliphatic rings. The van der Waals surface area contributed by atoms with Crippen molar-refractivity contribution < 1.29 is 14.3 Å². The first-order valence-electron chi connectivity index (χ1n) is 6.85. The van der Waals surface area contributed by atoms with Crippen LogP contribution in [0.3, 0.4) is 0 Å². The molecule has 0 atom stereocenters. The van der Waals surface area contributed by atoms with E-state index < -0.39 is 0 Å². The molecule has 23 heavy (non-hydrogen) atoms. The molecule has 116 valence electrons. The highest BCUT2D eigenvalue weighted by atomic mass is 16.5. The number of hydrogen-bond acceptors (Lipinski definition) is 6. The summed E-state index contributed by atoms with van der Waals surface area (Å²) in [5, 5.41) is 6.68. The quantitative estimate of drug-likeness (QED) is 0.702. The average molecular weight is 310 g/mol. The molecule has 0 spiro atoms. The van der Waals surface area contributed by atoms with Gasteiger partial charge in [0.1, 0.15) is 12.4 Å². The minimum atomic E-state index is 0.271. The van der Waals surface area contributed by atoms with Crippen LogP contribution in [0.5, 0.6) is 11.6 Å². The molecule has 0 bridgehead atoms. The minimum Gasteiger partial charge on any atom is -0.486 e. The summed E-state index contributed by atoms with van der Waals surface area (Å²) < 4.78 is 10.7. The van der Waals surface area contributed by atoms with Gasteiger partial charge in [0.25, 0.3) is 0 Å². The summed E-state index contributed by atoms with van der Waals surface area (Å²) in [4.78, 5) is 19.4. The highest BCUT2D eigenvalue weighted by Crippen LogP contribution is 2.22. The van der Waals surface area contributed by atoms with E-state index in [0.717, 1.165) is 16.7 Å². The highest BCUT2D eigenvalue weighted by Gasteiger charge is 2.08. The van der Waals surface area contributed by atoms with E-state index in [1.807, 2.05) is 6.07 Å². The molecular weight excluding hydrogens is 296 g/mol. The number of ether oxygens (including phenoxy) is 2. The lowest BCUT2D eigenvalue weighted by molar-refractivity contribution is 0.111. The third-order valence-corrected chi connectivity index (χ3v) is 3.23. The lowest BCUT2D eigenvalue weighted by Gasteiger charge is -2.09. The number of aldehydes is 1. The van der Waals surface area contributed by atoms with Crippen molar-refractivity contribution in [3.8, 4) is 22.8 Å². The summed E-state index contributed by atoms with van der Waals surface area (Å²) in [7, 11) is 1.49. The summed E-state index contributed by atoms with van der Waals surface area (Å²) in [5.41, 5.74) is 3.13. The van der Waals surface area contributed by atoms with Crippen molar-refractivity contribution in [2.75, 3.05) is 7.11 Å². The number of carbonyl (C=O) groups is 1. The lowest BCUT2D eigenvalue weighted by atomic mass is 10.1. The van der Waals surface area contributed by atoms with E-state index in [0.29, 0.717) is 23.5 Å².